The van der Waals surface area contributed by atoms with Crippen molar-refractivity contribution in [1.82, 2.24) is 0 Å². The fourth-order valence-electron chi connectivity index (χ4n) is 6.89. The average Bonchev–Trinajstić information content (AvgIpc) is 2.80. The first-order valence-corrected chi connectivity index (χ1v) is 10.4. The monoisotopic (exact) mass is 380 g/mol. The van der Waals surface area contributed by atoms with E-state index in [1.807, 2.05) is 6.08 Å². The van der Waals surface area contributed by atoms with E-state index in [0.717, 1.165) is 43.9 Å². The highest BCUT2D eigenvalue weighted by molar-refractivity contribution is 9.09. The molecule has 0 heterocycles. The van der Waals surface area contributed by atoms with Crippen LogP contribution >= 0.6 is 15.9 Å². The molecule has 0 radical (unpaired) electrons. The smallest absolute Gasteiger partial charge is 0.155 e. The van der Waals surface area contributed by atoms with Crippen LogP contribution in [0.15, 0.2) is 11.6 Å². The first kappa shape index (κ1) is 16.3. The van der Waals surface area contributed by atoms with Crippen molar-refractivity contribution in [2.24, 2.45) is 29.1 Å². The average molecular weight is 381 g/mol. The summed E-state index contributed by atoms with van der Waals surface area (Å²) in [5, 5.41) is 11.4. The molecule has 4 aliphatic rings. The van der Waals surface area contributed by atoms with Crippen molar-refractivity contribution in [3.8, 4) is 0 Å². The minimum atomic E-state index is -0.554. The van der Waals surface area contributed by atoms with Gasteiger partial charge < -0.3 is 5.11 Å². The molecule has 0 spiro atoms. The van der Waals surface area contributed by atoms with Crippen molar-refractivity contribution < 1.29 is 9.90 Å². The predicted octanol–water partition coefficient (Wildman–Crippen LogP) is 4.64. The van der Waals surface area contributed by atoms with E-state index in [1.165, 1.54) is 24.8 Å². The van der Waals surface area contributed by atoms with Crippen LogP contribution in [-0.4, -0.2) is 21.3 Å². The van der Waals surface area contributed by atoms with Crippen molar-refractivity contribution in [3.63, 3.8) is 0 Å². The SMILES string of the molecule is CC(Br)[C@@]1(O)CC[C@H]2[C@@H]3CCC4=CC(=O)CC[C@@H]4[C@H]3CC[C@@]21C. The van der Waals surface area contributed by atoms with Gasteiger partial charge in [-0.05, 0) is 81.6 Å². The van der Waals surface area contributed by atoms with Crippen LogP contribution in [0, 0.1) is 29.1 Å². The molecular weight excluding hydrogens is 352 g/mol. The van der Waals surface area contributed by atoms with Crippen molar-refractivity contribution in [2.45, 2.75) is 75.6 Å². The number of aliphatic hydroxyl groups is 1. The normalized spacial score (nSPS) is 50.6. The molecule has 0 aliphatic heterocycles. The van der Waals surface area contributed by atoms with Gasteiger partial charge in [0.1, 0.15) is 0 Å². The van der Waals surface area contributed by atoms with Gasteiger partial charge in [-0.1, -0.05) is 28.4 Å². The van der Waals surface area contributed by atoms with Gasteiger partial charge in [0, 0.05) is 16.7 Å². The van der Waals surface area contributed by atoms with Crippen LogP contribution in [0.5, 0.6) is 0 Å². The third-order valence-electron chi connectivity index (χ3n) is 8.17. The van der Waals surface area contributed by atoms with E-state index >= 15 is 0 Å². The highest BCUT2D eigenvalue weighted by Crippen LogP contribution is 2.66. The number of ketones is 1. The molecule has 7 atom stereocenters. The van der Waals surface area contributed by atoms with Crippen LogP contribution in [0.4, 0.5) is 0 Å². The standard InChI is InChI=1S/C20H29BrO2/c1-12(21)20(23)10-8-18-17-5-3-13-11-14(22)4-6-15(13)16(17)7-9-19(18,20)2/h11-12,15-18,23H,3-10H2,1-2H3/t12?,15-,16+,17+,18-,19-,20-/m0/s1. The van der Waals surface area contributed by atoms with E-state index in [1.54, 1.807) is 0 Å². The van der Waals surface area contributed by atoms with Crippen LogP contribution in [0.1, 0.15) is 65.2 Å². The van der Waals surface area contributed by atoms with Crippen molar-refractivity contribution in [3.05, 3.63) is 11.6 Å². The van der Waals surface area contributed by atoms with Gasteiger partial charge in [-0.2, -0.15) is 0 Å². The molecule has 1 N–H and O–H groups in total. The first-order chi connectivity index (χ1) is 10.9. The Kier molecular flexibility index (Phi) is 3.85. The molecule has 4 aliphatic carbocycles. The van der Waals surface area contributed by atoms with Crippen molar-refractivity contribution >= 4 is 21.7 Å². The molecule has 0 saturated heterocycles. The molecule has 3 heteroatoms. The topological polar surface area (TPSA) is 37.3 Å². The lowest BCUT2D eigenvalue weighted by Gasteiger charge is -2.56. The molecule has 1 unspecified atom stereocenters. The van der Waals surface area contributed by atoms with Gasteiger partial charge in [-0.3, -0.25) is 4.79 Å². The highest BCUT2D eigenvalue weighted by Gasteiger charge is 2.63. The minimum absolute atomic E-state index is 0.0583. The van der Waals surface area contributed by atoms with E-state index in [2.05, 4.69) is 29.8 Å². The Morgan fingerprint density at radius 1 is 1.17 bits per heavy atom. The summed E-state index contributed by atoms with van der Waals surface area (Å²) in [6.45, 7) is 4.47. The molecular formula is C20H29BrO2. The lowest BCUT2D eigenvalue weighted by molar-refractivity contribution is -0.120. The second kappa shape index (κ2) is 5.42. The van der Waals surface area contributed by atoms with Crippen molar-refractivity contribution in [2.75, 3.05) is 0 Å². The van der Waals surface area contributed by atoms with E-state index < -0.39 is 5.60 Å². The van der Waals surface area contributed by atoms with Gasteiger partial charge in [0.15, 0.2) is 5.78 Å². The Morgan fingerprint density at radius 2 is 1.96 bits per heavy atom. The predicted molar refractivity (Wildman–Crippen MR) is 95.4 cm³/mol. The van der Waals surface area contributed by atoms with E-state index in [-0.39, 0.29) is 10.2 Å². The second-order valence-corrected chi connectivity index (χ2v) is 10.2. The maximum atomic E-state index is 11.8. The first-order valence-electron chi connectivity index (χ1n) is 9.46. The van der Waals surface area contributed by atoms with Gasteiger partial charge >= 0.3 is 0 Å². The number of allylic oxidation sites excluding steroid dienone is 1. The van der Waals surface area contributed by atoms with Crippen LogP contribution in [0.3, 0.4) is 0 Å². The molecule has 128 valence electrons. The molecule has 3 saturated carbocycles. The largest absolute Gasteiger partial charge is 0.388 e. The van der Waals surface area contributed by atoms with Gasteiger partial charge in [-0.15, -0.1) is 0 Å². The fraction of sp³-hybridized carbons (Fsp3) is 0.850. The van der Waals surface area contributed by atoms with Gasteiger partial charge in [-0.25, -0.2) is 0 Å². The Balaban J connectivity index is 1.64. The maximum Gasteiger partial charge on any atom is 0.155 e. The number of fused-ring (bicyclic) bond motifs is 5. The molecule has 0 aromatic rings. The minimum Gasteiger partial charge on any atom is -0.388 e. The Bertz CT molecular complexity index is 554. The van der Waals surface area contributed by atoms with Crippen LogP contribution in [0.25, 0.3) is 0 Å². The summed E-state index contributed by atoms with van der Waals surface area (Å²) in [7, 11) is 0. The molecule has 2 nitrogen and oxygen atoms in total. The molecule has 0 bridgehead atoms. The molecule has 0 amide bonds. The summed E-state index contributed by atoms with van der Waals surface area (Å²) in [5.41, 5.74) is 0.956. The van der Waals surface area contributed by atoms with Crippen molar-refractivity contribution in [1.29, 1.82) is 0 Å². The lowest BCUT2D eigenvalue weighted by atomic mass is 9.50. The van der Waals surface area contributed by atoms with Crippen LogP contribution in [0.2, 0.25) is 0 Å². The Morgan fingerprint density at radius 3 is 2.70 bits per heavy atom. The van der Waals surface area contributed by atoms with Gasteiger partial charge in [0.25, 0.3) is 0 Å². The van der Waals surface area contributed by atoms with E-state index in [9.17, 15) is 9.90 Å². The number of hydrogen-bond donors (Lipinski definition) is 1. The molecule has 4 rings (SSSR count). The highest BCUT2D eigenvalue weighted by atomic mass is 79.9. The number of carbonyl (C=O) groups is 1. The summed E-state index contributed by atoms with van der Waals surface area (Å²) < 4.78 is 0. The second-order valence-electron chi connectivity index (χ2n) is 8.84. The summed E-state index contributed by atoms with van der Waals surface area (Å²) in [4.78, 5) is 11.9. The zero-order chi connectivity index (χ0) is 16.4. The summed E-state index contributed by atoms with van der Waals surface area (Å²) in [5.74, 6) is 3.17. The van der Waals surface area contributed by atoms with Gasteiger partial charge in [0.05, 0.1) is 5.60 Å². The summed E-state index contributed by atoms with van der Waals surface area (Å²) in [6, 6.07) is 0. The maximum absolute atomic E-state index is 11.8. The Hall–Kier alpha value is -0.150. The zero-order valence-corrected chi connectivity index (χ0v) is 15.9. The fourth-order valence-corrected chi connectivity index (χ4v) is 7.64. The number of carbonyl (C=O) groups excluding carboxylic acids is 1. The summed E-state index contributed by atoms with van der Waals surface area (Å²) >= 11 is 3.71. The molecule has 0 aromatic carbocycles. The number of alkyl halides is 1. The van der Waals surface area contributed by atoms with Crippen LogP contribution in [-0.2, 0) is 4.79 Å². The zero-order valence-electron chi connectivity index (χ0n) is 14.4. The third-order valence-corrected chi connectivity index (χ3v) is 8.93. The quantitative estimate of drug-likeness (QED) is 0.672. The number of hydrogen-bond acceptors (Lipinski definition) is 2. The van der Waals surface area contributed by atoms with Gasteiger partial charge in [0.2, 0.25) is 0 Å². The van der Waals surface area contributed by atoms with E-state index in [4.69, 9.17) is 0 Å². The summed E-state index contributed by atoms with van der Waals surface area (Å²) in [6.07, 6.45) is 10.6. The number of rotatable bonds is 1. The molecule has 3 fully saturated rings. The third kappa shape index (κ3) is 2.18. The lowest BCUT2D eigenvalue weighted by Crippen LogP contribution is -2.55. The molecule has 0 aromatic heterocycles. The van der Waals surface area contributed by atoms with Crippen LogP contribution < -0.4 is 0 Å². The Labute approximate surface area is 148 Å². The molecule has 23 heavy (non-hydrogen) atoms. The van der Waals surface area contributed by atoms with E-state index in [0.29, 0.717) is 17.6 Å². The number of halogens is 1.